The number of rotatable bonds is 2. The van der Waals surface area contributed by atoms with Crippen LogP contribution in [0.5, 0.6) is 0 Å². The van der Waals surface area contributed by atoms with Crippen molar-refractivity contribution in [1.29, 1.82) is 0 Å². The molecule has 1 aliphatic carbocycles. The molecule has 0 spiro atoms. The first-order valence-corrected chi connectivity index (χ1v) is 7.73. The van der Waals surface area contributed by atoms with Gasteiger partial charge in [-0.25, -0.2) is 0 Å². The highest BCUT2D eigenvalue weighted by Gasteiger charge is 2.44. The van der Waals surface area contributed by atoms with Crippen LogP contribution < -0.4 is 0 Å². The van der Waals surface area contributed by atoms with Crippen LogP contribution >= 0.6 is 0 Å². The Labute approximate surface area is 111 Å². The number of hydrogen-bond donors (Lipinski definition) is 0. The summed E-state index contributed by atoms with van der Waals surface area (Å²) in [5.74, 6) is 0.849. The largest absolute Gasteiger partial charge is 0.334 e. The molecule has 2 aliphatic heterocycles. The smallest absolute Gasteiger partial charge is 0.226 e. The van der Waals surface area contributed by atoms with E-state index in [-0.39, 0.29) is 0 Å². The van der Waals surface area contributed by atoms with Gasteiger partial charge in [0.05, 0.1) is 0 Å². The molecule has 1 amide bonds. The van der Waals surface area contributed by atoms with Gasteiger partial charge in [0, 0.05) is 37.1 Å². The normalized spacial score (nSPS) is 33.6. The van der Waals surface area contributed by atoms with E-state index in [9.17, 15) is 4.79 Å². The molecule has 3 heteroatoms. The molecule has 2 heterocycles. The van der Waals surface area contributed by atoms with Crippen LogP contribution in [0, 0.1) is 5.92 Å². The van der Waals surface area contributed by atoms with Crippen molar-refractivity contribution in [3.8, 4) is 0 Å². The molecule has 18 heavy (non-hydrogen) atoms. The standard InChI is InChI=1S/C15H26N2O/c1-11(2)16-9-13-7-8-14(10-16)17(13)15(18)12-5-3-4-6-12/h11-14H,3-10H2,1-2H3. The van der Waals surface area contributed by atoms with Crippen LogP contribution in [0.2, 0.25) is 0 Å². The van der Waals surface area contributed by atoms with Crippen molar-refractivity contribution in [3.63, 3.8) is 0 Å². The maximum Gasteiger partial charge on any atom is 0.226 e. The zero-order valence-electron chi connectivity index (χ0n) is 11.8. The van der Waals surface area contributed by atoms with E-state index in [2.05, 4.69) is 23.6 Å². The monoisotopic (exact) mass is 250 g/mol. The number of amides is 1. The van der Waals surface area contributed by atoms with Crippen LogP contribution in [-0.4, -0.2) is 46.9 Å². The second kappa shape index (κ2) is 4.84. The summed E-state index contributed by atoms with van der Waals surface area (Å²) in [5.41, 5.74) is 0. The van der Waals surface area contributed by atoms with E-state index in [1.54, 1.807) is 0 Å². The fourth-order valence-corrected chi connectivity index (χ4v) is 4.10. The Hall–Kier alpha value is -0.570. The van der Waals surface area contributed by atoms with Crippen molar-refractivity contribution in [3.05, 3.63) is 0 Å². The topological polar surface area (TPSA) is 23.6 Å². The summed E-state index contributed by atoms with van der Waals surface area (Å²) in [6.07, 6.45) is 7.26. The first kappa shape index (κ1) is 12.5. The van der Waals surface area contributed by atoms with Crippen molar-refractivity contribution in [1.82, 2.24) is 9.80 Å². The SMILES string of the molecule is CC(C)N1CC2CCC(C1)N2C(=O)C1CCCC1. The quantitative estimate of drug-likeness (QED) is 0.750. The lowest BCUT2D eigenvalue weighted by molar-refractivity contribution is -0.141. The van der Waals surface area contributed by atoms with Gasteiger partial charge in [0.2, 0.25) is 5.91 Å². The minimum Gasteiger partial charge on any atom is -0.334 e. The van der Waals surface area contributed by atoms with Crippen LogP contribution in [0.15, 0.2) is 0 Å². The Morgan fingerprint density at radius 2 is 1.56 bits per heavy atom. The molecule has 3 aliphatic rings. The molecule has 0 aromatic carbocycles. The van der Waals surface area contributed by atoms with E-state index >= 15 is 0 Å². The summed E-state index contributed by atoms with van der Waals surface area (Å²) in [6.45, 7) is 6.75. The van der Waals surface area contributed by atoms with Gasteiger partial charge in [-0.1, -0.05) is 12.8 Å². The highest BCUT2D eigenvalue weighted by atomic mass is 16.2. The Kier molecular flexibility index (Phi) is 3.35. The number of carbonyl (C=O) groups is 1. The molecule has 3 fully saturated rings. The average Bonchev–Trinajstić information content (AvgIpc) is 2.95. The predicted molar refractivity (Wildman–Crippen MR) is 72.3 cm³/mol. The molecule has 0 aromatic rings. The maximum atomic E-state index is 12.6. The summed E-state index contributed by atoms with van der Waals surface area (Å²) in [4.78, 5) is 17.5. The lowest BCUT2D eigenvalue weighted by Crippen LogP contribution is -2.58. The molecule has 0 radical (unpaired) electrons. The van der Waals surface area contributed by atoms with Crippen LogP contribution in [0.25, 0.3) is 0 Å². The molecule has 2 atom stereocenters. The average molecular weight is 250 g/mol. The Morgan fingerprint density at radius 1 is 1.00 bits per heavy atom. The van der Waals surface area contributed by atoms with E-state index in [1.165, 1.54) is 25.7 Å². The maximum absolute atomic E-state index is 12.6. The van der Waals surface area contributed by atoms with Crippen LogP contribution in [0.3, 0.4) is 0 Å². The van der Waals surface area contributed by atoms with E-state index in [0.717, 1.165) is 25.9 Å². The minimum atomic E-state index is 0.360. The van der Waals surface area contributed by atoms with Gasteiger partial charge in [0.1, 0.15) is 0 Å². The van der Waals surface area contributed by atoms with Crippen LogP contribution in [-0.2, 0) is 4.79 Å². The number of carbonyl (C=O) groups excluding carboxylic acids is 1. The van der Waals surface area contributed by atoms with Gasteiger partial charge in [-0.15, -0.1) is 0 Å². The summed E-state index contributed by atoms with van der Waals surface area (Å²) in [5, 5.41) is 0. The van der Waals surface area contributed by atoms with Gasteiger partial charge in [0.25, 0.3) is 0 Å². The molecule has 2 unspecified atom stereocenters. The number of piperazine rings is 1. The van der Waals surface area contributed by atoms with Crippen molar-refractivity contribution < 1.29 is 4.79 Å². The fourth-order valence-electron chi connectivity index (χ4n) is 4.10. The van der Waals surface area contributed by atoms with Gasteiger partial charge in [-0.3, -0.25) is 9.69 Å². The van der Waals surface area contributed by atoms with Gasteiger partial charge < -0.3 is 4.90 Å². The number of likely N-dealkylation sites (tertiary alicyclic amines) is 1. The van der Waals surface area contributed by atoms with Gasteiger partial charge in [-0.05, 0) is 39.5 Å². The fraction of sp³-hybridized carbons (Fsp3) is 0.933. The highest BCUT2D eigenvalue weighted by molar-refractivity contribution is 5.80. The molecule has 2 saturated heterocycles. The Morgan fingerprint density at radius 3 is 2.06 bits per heavy atom. The number of fused-ring (bicyclic) bond motifs is 2. The van der Waals surface area contributed by atoms with Crippen LogP contribution in [0.4, 0.5) is 0 Å². The van der Waals surface area contributed by atoms with Crippen molar-refractivity contribution in [2.24, 2.45) is 5.92 Å². The van der Waals surface area contributed by atoms with Crippen molar-refractivity contribution >= 4 is 5.91 Å². The Bertz CT molecular complexity index is 308. The van der Waals surface area contributed by atoms with Gasteiger partial charge >= 0.3 is 0 Å². The molecule has 102 valence electrons. The minimum absolute atomic E-state index is 0.360. The van der Waals surface area contributed by atoms with Gasteiger partial charge in [-0.2, -0.15) is 0 Å². The number of nitrogens with zero attached hydrogens (tertiary/aromatic N) is 2. The second-order valence-electron chi connectivity index (χ2n) is 6.66. The first-order chi connectivity index (χ1) is 8.66. The molecule has 1 saturated carbocycles. The number of hydrogen-bond acceptors (Lipinski definition) is 2. The highest BCUT2D eigenvalue weighted by Crippen LogP contribution is 2.35. The zero-order valence-corrected chi connectivity index (χ0v) is 11.8. The third-order valence-electron chi connectivity index (χ3n) is 5.20. The van der Waals surface area contributed by atoms with Crippen molar-refractivity contribution in [2.45, 2.75) is 70.5 Å². The van der Waals surface area contributed by atoms with Crippen LogP contribution in [0.1, 0.15) is 52.4 Å². The summed E-state index contributed by atoms with van der Waals surface area (Å²) in [7, 11) is 0. The summed E-state index contributed by atoms with van der Waals surface area (Å²) >= 11 is 0. The molecule has 2 bridgehead atoms. The summed E-state index contributed by atoms with van der Waals surface area (Å²) < 4.78 is 0. The molecule has 3 nitrogen and oxygen atoms in total. The third kappa shape index (κ3) is 2.07. The lowest BCUT2D eigenvalue weighted by Gasteiger charge is -2.43. The molecule has 0 aromatic heterocycles. The third-order valence-corrected chi connectivity index (χ3v) is 5.20. The second-order valence-corrected chi connectivity index (χ2v) is 6.66. The molecular formula is C15H26N2O. The summed E-state index contributed by atoms with van der Waals surface area (Å²) in [6, 6.07) is 1.65. The first-order valence-electron chi connectivity index (χ1n) is 7.73. The molecular weight excluding hydrogens is 224 g/mol. The molecule has 0 N–H and O–H groups in total. The predicted octanol–water partition coefficient (Wildman–Crippen LogP) is 2.26. The van der Waals surface area contributed by atoms with Gasteiger partial charge in [0.15, 0.2) is 0 Å². The zero-order chi connectivity index (χ0) is 12.7. The van der Waals surface area contributed by atoms with E-state index in [4.69, 9.17) is 0 Å². The van der Waals surface area contributed by atoms with Crippen molar-refractivity contribution in [2.75, 3.05) is 13.1 Å². The van der Waals surface area contributed by atoms with E-state index in [0.29, 0.717) is 30.0 Å². The lowest BCUT2D eigenvalue weighted by atomic mass is 10.0. The Balaban J connectivity index is 1.69. The van der Waals surface area contributed by atoms with E-state index in [1.807, 2.05) is 0 Å². The van der Waals surface area contributed by atoms with E-state index < -0.39 is 0 Å². The molecule has 3 rings (SSSR count).